The van der Waals surface area contributed by atoms with E-state index in [-0.39, 0.29) is 55.3 Å². The number of allylic oxidation sites excluding steroid dienone is 2. The molecule has 0 unspecified atom stereocenters. The Kier molecular flexibility index (Phi) is 7.21. The number of nitrogens with zero attached hydrogens (tertiary/aromatic N) is 1. The first kappa shape index (κ1) is 28.1. The first-order valence-electron chi connectivity index (χ1n) is 12.6. The fraction of sp³-hybridized carbons (Fsp3) is 0.481. The highest BCUT2D eigenvalue weighted by molar-refractivity contribution is 6.24. The van der Waals surface area contributed by atoms with Gasteiger partial charge >= 0.3 is 5.97 Å². The van der Waals surface area contributed by atoms with Crippen LogP contribution in [-0.2, 0) is 32.1 Å². The van der Waals surface area contributed by atoms with E-state index in [0.29, 0.717) is 16.8 Å². The molecule has 3 aliphatic rings. The number of anilines is 1. The van der Waals surface area contributed by atoms with Crippen LogP contribution in [0, 0.1) is 11.8 Å². The molecule has 12 heteroatoms. The Bertz CT molecular complexity index is 1340. The molecule has 1 aromatic rings. The topological polar surface area (TPSA) is 200 Å². The summed E-state index contributed by atoms with van der Waals surface area (Å²) in [5.74, 6) is -7.23. The zero-order chi connectivity index (χ0) is 29.0. The maximum Gasteiger partial charge on any atom is 0.320 e. The van der Waals surface area contributed by atoms with Gasteiger partial charge < -0.3 is 41.1 Å². The number of ketones is 2. The molecule has 0 saturated heterocycles. The summed E-state index contributed by atoms with van der Waals surface area (Å²) in [6.07, 6.45) is -0.324. The molecule has 0 heterocycles. The van der Waals surface area contributed by atoms with Gasteiger partial charge in [0.2, 0.25) is 5.78 Å². The zero-order valence-corrected chi connectivity index (χ0v) is 22.2. The Morgan fingerprint density at radius 2 is 1.87 bits per heavy atom. The third kappa shape index (κ3) is 4.53. The standard InChI is InChI=1S/C27H33N3O9/c1-11(2)39-18(32)10-29-9-13-7-16(30(3)4)15-6-12-5-14-8-17(31)21(26(28)37)25(36)27(14,38)24(35)19(12)23(34)20(15)22(13)33/h7,11-12,14,29,31,33,35,38H,5-6,8-10H2,1-4H3,(H2,28,37)/t12-,14+,27+/m1/s1. The van der Waals surface area contributed by atoms with Crippen molar-refractivity contribution in [1.29, 1.82) is 0 Å². The van der Waals surface area contributed by atoms with Crippen LogP contribution in [0.4, 0.5) is 5.69 Å². The number of rotatable bonds is 7. The number of benzene rings is 1. The maximum atomic E-state index is 13.8. The van der Waals surface area contributed by atoms with E-state index in [4.69, 9.17) is 10.5 Å². The van der Waals surface area contributed by atoms with Crippen molar-refractivity contribution in [3.8, 4) is 5.75 Å². The smallest absolute Gasteiger partial charge is 0.320 e. The lowest BCUT2D eigenvalue weighted by Gasteiger charge is -2.46. The minimum atomic E-state index is -2.62. The third-order valence-corrected chi connectivity index (χ3v) is 7.55. The number of amides is 1. The van der Waals surface area contributed by atoms with Crippen molar-refractivity contribution in [3.05, 3.63) is 45.4 Å². The van der Waals surface area contributed by atoms with Gasteiger partial charge in [-0.3, -0.25) is 19.2 Å². The molecule has 0 fully saturated rings. The van der Waals surface area contributed by atoms with Gasteiger partial charge in [-0.2, -0.15) is 0 Å². The Labute approximate surface area is 224 Å². The number of nitrogens with one attached hydrogen (secondary N) is 1. The molecule has 0 radical (unpaired) electrons. The van der Waals surface area contributed by atoms with Crippen molar-refractivity contribution in [3.63, 3.8) is 0 Å². The number of hydrogen-bond acceptors (Lipinski definition) is 11. The minimum absolute atomic E-state index is 0.0193. The molecule has 210 valence electrons. The number of carbonyl (C=O) groups excluding carboxylic acids is 4. The normalized spacial score (nSPS) is 24.4. The highest BCUT2D eigenvalue weighted by atomic mass is 16.5. The maximum absolute atomic E-state index is 13.8. The van der Waals surface area contributed by atoms with Gasteiger partial charge in [0, 0.05) is 49.8 Å². The molecule has 4 rings (SSSR count). The lowest BCUT2D eigenvalue weighted by Crippen LogP contribution is -2.57. The summed E-state index contributed by atoms with van der Waals surface area (Å²) in [5, 5.41) is 46.9. The van der Waals surface area contributed by atoms with Crippen molar-refractivity contribution >= 4 is 29.1 Å². The van der Waals surface area contributed by atoms with E-state index in [0.717, 1.165) is 0 Å². The fourth-order valence-electron chi connectivity index (χ4n) is 5.86. The summed E-state index contributed by atoms with van der Waals surface area (Å²) in [7, 11) is 3.54. The summed E-state index contributed by atoms with van der Waals surface area (Å²) in [6, 6.07) is 1.70. The van der Waals surface area contributed by atoms with Crippen LogP contribution in [-0.4, -0.2) is 76.2 Å². The van der Waals surface area contributed by atoms with Crippen LogP contribution in [0.5, 0.6) is 5.75 Å². The zero-order valence-electron chi connectivity index (χ0n) is 22.2. The highest BCUT2D eigenvalue weighted by Crippen LogP contribution is 2.52. The predicted molar refractivity (Wildman–Crippen MR) is 138 cm³/mol. The number of fused-ring (bicyclic) bond motifs is 3. The second kappa shape index (κ2) is 10.0. The predicted octanol–water partition coefficient (Wildman–Crippen LogP) is 0.688. The van der Waals surface area contributed by atoms with Crippen LogP contribution >= 0.6 is 0 Å². The average Bonchev–Trinajstić information content (AvgIpc) is 2.81. The summed E-state index contributed by atoms with van der Waals surface area (Å²) >= 11 is 0. The number of carbonyl (C=O) groups is 4. The van der Waals surface area contributed by atoms with Crippen LogP contribution in [0.3, 0.4) is 0 Å². The van der Waals surface area contributed by atoms with E-state index < -0.39 is 58.0 Å². The molecule has 0 bridgehead atoms. The number of aromatic hydroxyl groups is 1. The lowest BCUT2D eigenvalue weighted by molar-refractivity contribution is -0.146. The monoisotopic (exact) mass is 543 g/mol. The number of hydrogen-bond donors (Lipinski definition) is 6. The third-order valence-electron chi connectivity index (χ3n) is 7.55. The summed E-state index contributed by atoms with van der Waals surface area (Å²) < 4.78 is 5.09. The number of phenols is 1. The van der Waals surface area contributed by atoms with Crippen LogP contribution in [0.2, 0.25) is 0 Å². The van der Waals surface area contributed by atoms with E-state index in [2.05, 4.69) is 5.32 Å². The Hall–Kier alpha value is -3.90. The number of aliphatic hydroxyl groups is 3. The molecule has 0 aromatic heterocycles. The van der Waals surface area contributed by atoms with Gasteiger partial charge in [0.05, 0.1) is 18.2 Å². The Balaban J connectivity index is 1.77. The number of ether oxygens (including phenoxy) is 1. The number of phenolic OH excluding ortho intramolecular Hbond substituents is 1. The van der Waals surface area contributed by atoms with Crippen molar-refractivity contribution in [1.82, 2.24) is 5.32 Å². The van der Waals surface area contributed by atoms with Crippen molar-refractivity contribution in [2.24, 2.45) is 17.6 Å². The minimum Gasteiger partial charge on any atom is -0.511 e. The van der Waals surface area contributed by atoms with Gasteiger partial charge in [-0.05, 0) is 44.2 Å². The van der Waals surface area contributed by atoms with Crippen molar-refractivity contribution < 1.29 is 44.3 Å². The van der Waals surface area contributed by atoms with Crippen molar-refractivity contribution in [2.45, 2.75) is 51.4 Å². The molecule has 3 aliphatic carbocycles. The molecule has 3 atom stereocenters. The van der Waals surface area contributed by atoms with Gasteiger partial charge in [0.15, 0.2) is 11.4 Å². The number of Topliss-reactive ketones (excluding diaryl/α,β-unsaturated/α-hetero) is 2. The van der Waals surface area contributed by atoms with Crippen LogP contribution in [0.25, 0.3) is 0 Å². The second-order valence-corrected chi connectivity index (χ2v) is 10.7. The number of nitrogens with two attached hydrogens (primary N) is 1. The molecule has 0 saturated carbocycles. The van der Waals surface area contributed by atoms with Crippen LogP contribution < -0.4 is 16.0 Å². The molecule has 1 amide bonds. The molecule has 0 aliphatic heterocycles. The first-order chi connectivity index (χ1) is 18.2. The van der Waals surface area contributed by atoms with Gasteiger partial charge in [-0.1, -0.05) is 0 Å². The lowest BCUT2D eigenvalue weighted by atomic mass is 9.60. The quantitative estimate of drug-likeness (QED) is 0.209. The van der Waals surface area contributed by atoms with E-state index in [1.54, 1.807) is 38.9 Å². The van der Waals surface area contributed by atoms with E-state index in [1.807, 2.05) is 0 Å². The van der Waals surface area contributed by atoms with E-state index in [9.17, 15) is 39.6 Å². The molecule has 39 heavy (non-hydrogen) atoms. The molecular weight excluding hydrogens is 510 g/mol. The largest absolute Gasteiger partial charge is 0.511 e. The Morgan fingerprint density at radius 3 is 2.46 bits per heavy atom. The SMILES string of the molecule is CC(C)OC(=O)CNCc1cc(N(C)C)c2c(c1O)C(=O)C1=C(O)[C@]3(O)C(=O)C(C(N)=O)=C(O)C[C@@H]3C[C@@H]1C2. The fourth-order valence-corrected chi connectivity index (χ4v) is 5.86. The summed E-state index contributed by atoms with van der Waals surface area (Å²) in [6.45, 7) is 3.33. The van der Waals surface area contributed by atoms with Crippen LogP contribution in [0.15, 0.2) is 28.7 Å². The number of primary amides is 1. The average molecular weight is 544 g/mol. The number of aliphatic hydroxyl groups excluding tert-OH is 2. The molecule has 1 aromatic carbocycles. The first-order valence-corrected chi connectivity index (χ1v) is 12.6. The molecule has 12 nitrogen and oxygen atoms in total. The summed E-state index contributed by atoms with van der Waals surface area (Å²) in [5.41, 5.74) is 2.96. The van der Waals surface area contributed by atoms with Crippen LogP contribution in [0.1, 0.15) is 48.2 Å². The Morgan fingerprint density at radius 1 is 1.21 bits per heavy atom. The van der Waals surface area contributed by atoms with Gasteiger partial charge in [0.25, 0.3) is 5.91 Å². The number of esters is 1. The van der Waals surface area contributed by atoms with E-state index >= 15 is 0 Å². The van der Waals surface area contributed by atoms with Gasteiger partial charge in [0.1, 0.15) is 22.8 Å². The second-order valence-electron chi connectivity index (χ2n) is 10.7. The summed E-state index contributed by atoms with van der Waals surface area (Å²) in [4.78, 5) is 52.4. The molecular formula is C27H33N3O9. The van der Waals surface area contributed by atoms with Gasteiger partial charge in [-0.15, -0.1) is 0 Å². The molecule has 7 N–H and O–H groups in total. The highest BCUT2D eigenvalue weighted by Gasteiger charge is 2.59. The van der Waals surface area contributed by atoms with Gasteiger partial charge in [-0.25, -0.2) is 0 Å². The molecule has 0 spiro atoms. The van der Waals surface area contributed by atoms with E-state index in [1.165, 1.54) is 0 Å². The van der Waals surface area contributed by atoms with Crippen molar-refractivity contribution in [2.75, 3.05) is 25.5 Å².